The van der Waals surface area contributed by atoms with Crippen LogP contribution in [0.2, 0.25) is 0 Å². The maximum Gasteiger partial charge on any atom is 0.116 e. The number of rotatable bonds is 2. The fraction of sp³-hybridized carbons (Fsp3) is 0.182. The summed E-state index contributed by atoms with van der Waals surface area (Å²) in [6, 6.07) is 5.10. The van der Waals surface area contributed by atoms with Gasteiger partial charge in [0.05, 0.1) is 11.9 Å². The second kappa shape index (κ2) is 3.74. The average Bonchev–Trinajstić information content (AvgIpc) is 2.64. The van der Waals surface area contributed by atoms with Crippen LogP contribution >= 0.6 is 0 Å². The molecule has 0 unspecified atom stereocenters. The van der Waals surface area contributed by atoms with Crippen LogP contribution in [0.1, 0.15) is 11.1 Å². The Labute approximate surface area is 88.0 Å². The molecule has 0 aliphatic heterocycles. The summed E-state index contributed by atoms with van der Waals surface area (Å²) >= 11 is 0. The molecule has 0 radical (unpaired) electrons. The van der Waals surface area contributed by atoms with Crippen LogP contribution in [-0.2, 0) is 6.54 Å². The fourth-order valence-electron chi connectivity index (χ4n) is 1.50. The highest BCUT2D eigenvalue weighted by Crippen LogP contribution is 2.19. The van der Waals surface area contributed by atoms with Crippen molar-refractivity contribution in [2.45, 2.75) is 13.5 Å². The third-order valence-corrected chi connectivity index (χ3v) is 2.24. The van der Waals surface area contributed by atoms with Crippen LogP contribution in [0.5, 0.6) is 5.75 Å². The normalized spacial score (nSPS) is 10.5. The second-order valence-corrected chi connectivity index (χ2v) is 3.48. The van der Waals surface area contributed by atoms with Crippen molar-refractivity contribution in [3.8, 4) is 11.4 Å². The fourth-order valence-corrected chi connectivity index (χ4v) is 1.50. The van der Waals surface area contributed by atoms with Crippen molar-refractivity contribution in [3.05, 3.63) is 41.7 Å². The molecule has 1 aromatic carbocycles. The zero-order valence-corrected chi connectivity index (χ0v) is 8.51. The van der Waals surface area contributed by atoms with Gasteiger partial charge in [0.25, 0.3) is 0 Å². The van der Waals surface area contributed by atoms with E-state index in [2.05, 4.69) is 5.10 Å². The van der Waals surface area contributed by atoms with Crippen LogP contribution in [0.3, 0.4) is 0 Å². The number of nitrogens with two attached hydrogens (primary N) is 1. The van der Waals surface area contributed by atoms with Gasteiger partial charge in [-0.05, 0) is 36.2 Å². The zero-order valence-electron chi connectivity index (χ0n) is 8.51. The molecular formula is C11H13N3O. The number of aromatic hydroxyl groups is 1. The number of phenols is 1. The van der Waals surface area contributed by atoms with Gasteiger partial charge >= 0.3 is 0 Å². The molecule has 0 atom stereocenters. The Morgan fingerprint density at radius 1 is 1.47 bits per heavy atom. The molecule has 4 heteroatoms. The Hall–Kier alpha value is -1.81. The van der Waals surface area contributed by atoms with Crippen molar-refractivity contribution in [2.24, 2.45) is 5.73 Å². The van der Waals surface area contributed by atoms with Crippen molar-refractivity contribution in [3.63, 3.8) is 0 Å². The SMILES string of the molecule is Cc1cnn(-c2ccc(O)cc2CN)c1. The van der Waals surface area contributed by atoms with E-state index in [1.807, 2.05) is 19.2 Å². The summed E-state index contributed by atoms with van der Waals surface area (Å²) in [5.74, 6) is 0.225. The average molecular weight is 203 g/mol. The van der Waals surface area contributed by atoms with Crippen molar-refractivity contribution >= 4 is 0 Å². The summed E-state index contributed by atoms with van der Waals surface area (Å²) in [5, 5.41) is 13.5. The molecule has 0 spiro atoms. The van der Waals surface area contributed by atoms with Gasteiger partial charge in [0.15, 0.2) is 0 Å². The first kappa shape index (κ1) is 9.73. The summed E-state index contributed by atoms with van der Waals surface area (Å²) in [6.45, 7) is 2.36. The molecule has 0 aliphatic carbocycles. The van der Waals surface area contributed by atoms with Crippen molar-refractivity contribution in [1.82, 2.24) is 9.78 Å². The molecular weight excluding hydrogens is 190 g/mol. The van der Waals surface area contributed by atoms with Crippen molar-refractivity contribution in [2.75, 3.05) is 0 Å². The lowest BCUT2D eigenvalue weighted by molar-refractivity contribution is 0.474. The number of aromatic nitrogens is 2. The summed E-state index contributed by atoms with van der Waals surface area (Å²) in [5.41, 5.74) is 8.48. The van der Waals surface area contributed by atoms with Gasteiger partial charge < -0.3 is 10.8 Å². The Kier molecular flexibility index (Phi) is 2.43. The lowest BCUT2D eigenvalue weighted by atomic mass is 10.1. The van der Waals surface area contributed by atoms with E-state index in [0.717, 1.165) is 16.8 Å². The lowest BCUT2D eigenvalue weighted by Crippen LogP contribution is -2.04. The molecule has 0 fully saturated rings. The minimum atomic E-state index is 0.225. The molecule has 0 aliphatic rings. The molecule has 0 amide bonds. The van der Waals surface area contributed by atoms with Gasteiger partial charge in [-0.15, -0.1) is 0 Å². The maximum absolute atomic E-state index is 9.34. The minimum absolute atomic E-state index is 0.225. The molecule has 1 heterocycles. The van der Waals surface area contributed by atoms with E-state index < -0.39 is 0 Å². The molecule has 15 heavy (non-hydrogen) atoms. The lowest BCUT2D eigenvalue weighted by Gasteiger charge is -2.07. The Bertz CT molecular complexity index is 476. The zero-order chi connectivity index (χ0) is 10.8. The van der Waals surface area contributed by atoms with E-state index in [9.17, 15) is 5.11 Å². The first-order valence-electron chi connectivity index (χ1n) is 4.74. The summed E-state index contributed by atoms with van der Waals surface area (Å²) in [7, 11) is 0. The van der Waals surface area contributed by atoms with E-state index in [0.29, 0.717) is 6.54 Å². The summed E-state index contributed by atoms with van der Waals surface area (Å²) in [6.07, 6.45) is 3.71. The Balaban J connectivity index is 2.52. The molecule has 4 nitrogen and oxygen atoms in total. The quantitative estimate of drug-likeness (QED) is 0.774. The highest BCUT2D eigenvalue weighted by Gasteiger charge is 2.05. The van der Waals surface area contributed by atoms with Gasteiger partial charge in [0.1, 0.15) is 5.75 Å². The highest BCUT2D eigenvalue weighted by atomic mass is 16.3. The van der Waals surface area contributed by atoms with Crippen molar-refractivity contribution < 1.29 is 5.11 Å². The Morgan fingerprint density at radius 3 is 2.87 bits per heavy atom. The summed E-state index contributed by atoms with van der Waals surface area (Å²) in [4.78, 5) is 0. The van der Waals surface area contributed by atoms with E-state index in [1.54, 1.807) is 23.0 Å². The molecule has 2 aromatic rings. The number of benzene rings is 1. The van der Waals surface area contributed by atoms with Gasteiger partial charge in [-0.2, -0.15) is 5.10 Å². The highest BCUT2D eigenvalue weighted by molar-refractivity contribution is 5.45. The van der Waals surface area contributed by atoms with Crippen LogP contribution in [0.25, 0.3) is 5.69 Å². The molecule has 0 bridgehead atoms. The van der Waals surface area contributed by atoms with Gasteiger partial charge in [0.2, 0.25) is 0 Å². The van der Waals surface area contributed by atoms with E-state index in [4.69, 9.17) is 5.73 Å². The monoisotopic (exact) mass is 203 g/mol. The number of hydrogen-bond donors (Lipinski definition) is 2. The van der Waals surface area contributed by atoms with Gasteiger partial charge in [-0.1, -0.05) is 0 Å². The summed E-state index contributed by atoms with van der Waals surface area (Å²) < 4.78 is 1.76. The molecule has 3 N–H and O–H groups in total. The van der Waals surface area contributed by atoms with Crippen LogP contribution in [0, 0.1) is 6.92 Å². The number of nitrogens with zero attached hydrogens (tertiary/aromatic N) is 2. The van der Waals surface area contributed by atoms with E-state index in [-0.39, 0.29) is 5.75 Å². The van der Waals surface area contributed by atoms with Crippen molar-refractivity contribution in [1.29, 1.82) is 0 Å². The van der Waals surface area contributed by atoms with E-state index >= 15 is 0 Å². The molecule has 78 valence electrons. The third-order valence-electron chi connectivity index (χ3n) is 2.24. The predicted molar refractivity (Wildman–Crippen MR) is 57.9 cm³/mol. The van der Waals surface area contributed by atoms with Gasteiger partial charge in [-0.25, -0.2) is 4.68 Å². The van der Waals surface area contributed by atoms with E-state index in [1.165, 1.54) is 0 Å². The molecule has 1 aromatic heterocycles. The standard InChI is InChI=1S/C11H13N3O/c1-8-6-13-14(7-8)11-3-2-10(15)4-9(11)5-12/h2-4,6-7,15H,5,12H2,1H3. The number of hydrogen-bond acceptors (Lipinski definition) is 3. The largest absolute Gasteiger partial charge is 0.508 e. The first-order chi connectivity index (χ1) is 7.20. The third kappa shape index (κ3) is 1.85. The van der Waals surface area contributed by atoms with Gasteiger partial charge in [-0.3, -0.25) is 0 Å². The molecule has 0 saturated heterocycles. The second-order valence-electron chi connectivity index (χ2n) is 3.48. The first-order valence-corrected chi connectivity index (χ1v) is 4.74. The Morgan fingerprint density at radius 2 is 2.27 bits per heavy atom. The maximum atomic E-state index is 9.34. The molecule has 2 rings (SSSR count). The smallest absolute Gasteiger partial charge is 0.116 e. The van der Waals surface area contributed by atoms with Gasteiger partial charge in [0, 0.05) is 12.7 Å². The number of aryl methyl sites for hydroxylation is 1. The van der Waals surface area contributed by atoms with Crippen LogP contribution < -0.4 is 5.73 Å². The number of phenolic OH excluding ortho intramolecular Hbond substituents is 1. The topological polar surface area (TPSA) is 64.1 Å². The minimum Gasteiger partial charge on any atom is -0.508 e. The predicted octanol–water partition coefficient (Wildman–Crippen LogP) is 1.35. The molecule has 0 saturated carbocycles. The van der Waals surface area contributed by atoms with Crippen LogP contribution in [0.4, 0.5) is 0 Å². The van der Waals surface area contributed by atoms with Crippen LogP contribution in [-0.4, -0.2) is 14.9 Å². The van der Waals surface area contributed by atoms with Crippen LogP contribution in [0.15, 0.2) is 30.6 Å².